The number of carbonyl (C=O) groups is 1. The lowest BCUT2D eigenvalue weighted by atomic mass is 10.0. The second-order valence-corrected chi connectivity index (χ2v) is 3.95. The van der Waals surface area contributed by atoms with E-state index < -0.39 is 0 Å². The fourth-order valence-electron chi connectivity index (χ4n) is 2.57. The van der Waals surface area contributed by atoms with Gasteiger partial charge in [-0.15, -0.1) is 0 Å². The molecule has 1 saturated heterocycles. The summed E-state index contributed by atoms with van der Waals surface area (Å²) in [6.45, 7) is 2.13. The molecule has 1 saturated carbocycles. The summed E-state index contributed by atoms with van der Waals surface area (Å²) in [7, 11) is 0. The number of fused-ring (bicyclic) bond motifs is 1. The van der Waals surface area contributed by atoms with Crippen molar-refractivity contribution in [3.05, 3.63) is 0 Å². The van der Waals surface area contributed by atoms with Crippen LogP contribution in [0.1, 0.15) is 19.3 Å². The maximum atomic E-state index is 11.2. The minimum atomic E-state index is 0.129. The molecule has 0 radical (unpaired) electrons. The van der Waals surface area contributed by atoms with Crippen molar-refractivity contribution >= 4 is 5.91 Å². The van der Waals surface area contributed by atoms with Crippen molar-refractivity contribution < 1.29 is 4.79 Å². The maximum Gasteiger partial charge on any atom is 0.236 e. The van der Waals surface area contributed by atoms with Crippen LogP contribution in [0.25, 0.3) is 0 Å². The number of rotatable bonds is 1. The fourth-order valence-corrected chi connectivity index (χ4v) is 2.57. The van der Waals surface area contributed by atoms with E-state index in [-0.39, 0.29) is 12.5 Å². The quantitative estimate of drug-likeness (QED) is 0.608. The summed E-state index contributed by atoms with van der Waals surface area (Å²) >= 11 is 0. The molecule has 0 aromatic carbocycles. The minimum Gasteiger partial charge on any atom is -0.341 e. The summed E-state index contributed by atoms with van der Waals surface area (Å²) in [5.74, 6) is 1.71. The summed E-state index contributed by atoms with van der Waals surface area (Å²) in [5, 5.41) is 0. The zero-order valence-corrected chi connectivity index (χ0v) is 7.33. The third kappa shape index (κ3) is 1.22. The van der Waals surface area contributed by atoms with Crippen LogP contribution in [-0.4, -0.2) is 30.4 Å². The molecule has 0 aromatic heterocycles. The summed E-state index contributed by atoms with van der Waals surface area (Å²) < 4.78 is 0. The van der Waals surface area contributed by atoms with Crippen LogP contribution in [0, 0.1) is 11.8 Å². The molecule has 2 rings (SSSR count). The van der Waals surface area contributed by atoms with Crippen LogP contribution in [0.3, 0.4) is 0 Å². The van der Waals surface area contributed by atoms with E-state index in [1.807, 2.05) is 4.90 Å². The molecule has 2 fully saturated rings. The molecule has 2 aliphatic rings. The number of hydrogen-bond donors (Lipinski definition) is 1. The lowest BCUT2D eigenvalue weighted by molar-refractivity contribution is -0.128. The van der Waals surface area contributed by atoms with Gasteiger partial charge in [-0.3, -0.25) is 4.79 Å². The van der Waals surface area contributed by atoms with Crippen LogP contribution < -0.4 is 5.73 Å². The SMILES string of the molecule is NCC(=O)N1C[C@H]2CCC[C@H]2C1. The highest BCUT2D eigenvalue weighted by Gasteiger charge is 2.37. The Morgan fingerprint density at radius 3 is 2.42 bits per heavy atom. The van der Waals surface area contributed by atoms with E-state index in [4.69, 9.17) is 5.73 Å². The van der Waals surface area contributed by atoms with E-state index in [1.54, 1.807) is 0 Å². The fraction of sp³-hybridized carbons (Fsp3) is 0.889. The predicted molar refractivity (Wildman–Crippen MR) is 46.5 cm³/mol. The first kappa shape index (κ1) is 8.05. The molecule has 0 unspecified atom stereocenters. The zero-order chi connectivity index (χ0) is 8.55. The smallest absolute Gasteiger partial charge is 0.236 e. The van der Waals surface area contributed by atoms with Crippen molar-refractivity contribution in [2.45, 2.75) is 19.3 Å². The van der Waals surface area contributed by atoms with Crippen molar-refractivity contribution in [1.29, 1.82) is 0 Å². The number of nitrogens with two attached hydrogens (primary N) is 1. The monoisotopic (exact) mass is 168 g/mol. The van der Waals surface area contributed by atoms with Crippen LogP contribution in [0.15, 0.2) is 0 Å². The van der Waals surface area contributed by atoms with Crippen LogP contribution >= 0.6 is 0 Å². The van der Waals surface area contributed by atoms with Gasteiger partial charge in [-0.25, -0.2) is 0 Å². The van der Waals surface area contributed by atoms with E-state index in [9.17, 15) is 4.79 Å². The van der Waals surface area contributed by atoms with Gasteiger partial charge in [0.25, 0.3) is 0 Å². The number of likely N-dealkylation sites (tertiary alicyclic amines) is 1. The second-order valence-electron chi connectivity index (χ2n) is 3.95. The Hall–Kier alpha value is -0.570. The molecular formula is C9H16N2O. The molecule has 1 aliphatic carbocycles. The molecule has 1 aliphatic heterocycles. The zero-order valence-electron chi connectivity index (χ0n) is 7.33. The van der Waals surface area contributed by atoms with Gasteiger partial charge in [0.15, 0.2) is 0 Å². The molecule has 0 spiro atoms. The van der Waals surface area contributed by atoms with Gasteiger partial charge in [-0.2, -0.15) is 0 Å². The molecule has 1 amide bonds. The lowest BCUT2D eigenvalue weighted by Gasteiger charge is -2.15. The highest BCUT2D eigenvalue weighted by atomic mass is 16.2. The van der Waals surface area contributed by atoms with Crippen molar-refractivity contribution in [1.82, 2.24) is 4.90 Å². The van der Waals surface area contributed by atoms with Gasteiger partial charge in [0, 0.05) is 13.1 Å². The van der Waals surface area contributed by atoms with Gasteiger partial charge in [0.2, 0.25) is 5.91 Å². The summed E-state index contributed by atoms with van der Waals surface area (Å²) in [5.41, 5.74) is 5.31. The van der Waals surface area contributed by atoms with E-state index in [0.29, 0.717) is 0 Å². The molecule has 12 heavy (non-hydrogen) atoms. The van der Waals surface area contributed by atoms with Gasteiger partial charge >= 0.3 is 0 Å². The maximum absolute atomic E-state index is 11.2. The minimum absolute atomic E-state index is 0.129. The molecule has 3 nitrogen and oxygen atoms in total. The molecule has 2 N–H and O–H groups in total. The molecule has 3 heteroatoms. The standard InChI is InChI=1S/C9H16N2O/c10-4-9(12)11-5-7-2-1-3-8(7)6-11/h7-8H,1-6,10H2/t7-,8+. The van der Waals surface area contributed by atoms with Crippen LogP contribution in [0.2, 0.25) is 0 Å². The Labute approximate surface area is 72.9 Å². The van der Waals surface area contributed by atoms with E-state index in [2.05, 4.69) is 0 Å². The Morgan fingerprint density at radius 1 is 1.33 bits per heavy atom. The van der Waals surface area contributed by atoms with Crippen LogP contribution in [0.5, 0.6) is 0 Å². The first-order valence-electron chi connectivity index (χ1n) is 4.79. The predicted octanol–water partition coefficient (Wildman–Crippen LogP) is 0.204. The number of nitrogens with zero attached hydrogens (tertiary/aromatic N) is 1. The first-order chi connectivity index (χ1) is 5.81. The van der Waals surface area contributed by atoms with Crippen molar-refractivity contribution in [3.8, 4) is 0 Å². The second kappa shape index (κ2) is 3.05. The molecule has 0 bridgehead atoms. The van der Waals surface area contributed by atoms with Gasteiger partial charge in [-0.05, 0) is 24.7 Å². The summed E-state index contributed by atoms with van der Waals surface area (Å²) in [6, 6.07) is 0. The Bertz CT molecular complexity index is 181. The lowest BCUT2D eigenvalue weighted by Crippen LogP contribution is -2.34. The van der Waals surface area contributed by atoms with Gasteiger partial charge in [0.05, 0.1) is 6.54 Å². The average Bonchev–Trinajstić information content (AvgIpc) is 2.60. The number of carbonyl (C=O) groups excluding carboxylic acids is 1. The van der Waals surface area contributed by atoms with Gasteiger partial charge in [-0.1, -0.05) is 6.42 Å². The molecule has 1 heterocycles. The normalized spacial score (nSPS) is 33.9. The van der Waals surface area contributed by atoms with Gasteiger partial charge in [0.1, 0.15) is 0 Å². The Kier molecular flexibility index (Phi) is 2.05. The molecule has 0 aromatic rings. The van der Waals surface area contributed by atoms with Gasteiger partial charge < -0.3 is 10.6 Å². The molecule has 2 atom stereocenters. The van der Waals surface area contributed by atoms with E-state index >= 15 is 0 Å². The first-order valence-corrected chi connectivity index (χ1v) is 4.79. The van der Waals surface area contributed by atoms with Crippen molar-refractivity contribution in [2.75, 3.05) is 19.6 Å². The topological polar surface area (TPSA) is 46.3 Å². The Morgan fingerprint density at radius 2 is 1.92 bits per heavy atom. The summed E-state index contributed by atoms with van der Waals surface area (Å²) in [6.07, 6.45) is 4.00. The van der Waals surface area contributed by atoms with Crippen molar-refractivity contribution in [3.63, 3.8) is 0 Å². The molecule has 68 valence electrons. The average molecular weight is 168 g/mol. The summed E-state index contributed by atoms with van der Waals surface area (Å²) in [4.78, 5) is 13.2. The Balaban J connectivity index is 1.94. The highest BCUT2D eigenvalue weighted by molar-refractivity contribution is 5.78. The van der Waals surface area contributed by atoms with Crippen molar-refractivity contribution in [2.24, 2.45) is 17.6 Å². The van der Waals surface area contributed by atoms with Crippen LogP contribution in [0.4, 0.5) is 0 Å². The molecular weight excluding hydrogens is 152 g/mol. The highest BCUT2D eigenvalue weighted by Crippen LogP contribution is 2.37. The van der Waals surface area contributed by atoms with E-state index in [1.165, 1.54) is 19.3 Å². The third-order valence-corrected chi connectivity index (χ3v) is 3.25. The number of hydrogen-bond acceptors (Lipinski definition) is 2. The third-order valence-electron chi connectivity index (χ3n) is 3.25. The number of amides is 1. The van der Waals surface area contributed by atoms with E-state index in [0.717, 1.165) is 24.9 Å². The van der Waals surface area contributed by atoms with Crippen LogP contribution in [-0.2, 0) is 4.79 Å². The largest absolute Gasteiger partial charge is 0.341 e.